The highest BCUT2D eigenvalue weighted by Crippen LogP contribution is 2.11. The first-order chi connectivity index (χ1) is 11.6. The third-order valence-electron chi connectivity index (χ3n) is 3.48. The largest absolute Gasteiger partial charge is 0.481 e. The lowest BCUT2D eigenvalue weighted by Gasteiger charge is -2.13. The summed E-state index contributed by atoms with van der Waals surface area (Å²) in [5.41, 5.74) is 0. The van der Waals surface area contributed by atoms with E-state index in [2.05, 4.69) is 37.8 Å². The molecule has 0 spiro atoms. The number of rotatable bonds is 14. The average molecular weight is 353 g/mol. The first kappa shape index (κ1) is 22.7. The van der Waals surface area contributed by atoms with Gasteiger partial charge in [-0.2, -0.15) is 12.6 Å². The van der Waals surface area contributed by atoms with Crippen LogP contribution in [0.15, 0.2) is 48.6 Å². The Bertz CT molecular complexity index is 425. The zero-order valence-electron chi connectivity index (χ0n) is 14.7. The van der Waals surface area contributed by atoms with E-state index < -0.39 is 12.1 Å². The summed E-state index contributed by atoms with van der Waals surface area (Å²) in [6, 6.07) is 0. The minimum atomic E-state index is -0.834. The monoisotopic (exact) mass is 352 g/mol. The molecule has 24 heavy (non-hydrogen) atoms. The quantitative estimate of drug-likeness (QED) is 0.176. The SMILES string of the molecule is CCCCC/C=C\C\C=C/C=C\C=C/[C@H](S)[C@H](O)CCCC(=O)O. The number of hydrogen-bond acceptors (Lipinski definition) is 3. The standard InChI is InChI=1S/C20H32O3S/c1-2-3-4-5-6-7-8-9-10-11-12-13-16-19(24)18(21)15-14-17-20(22)23/h6-7,9-13,16,18-19,21,24H,2-5,8,14-15,17H2,1H3,(H,22,23)/b7-6-,10-9-,12-11-,16-13-/t18-,19+/m1/s1. The van der Waals surface area contributed by atoms with Gasteiger partial charge in [-0.05, 0) is 32.1 Å². The van der Waals surface area contributed by atoms with Crippen LogP contribution in [0.3, 0.4) is 0 Å². The second-order valence-electron chi connectivity index (χ2n) is 5.74. The van der Waals surface area contributed by atoms with Crippen LogP contribution in [0.4, 0.5) is 0 Å². The lowest BCUT2D eigenvalue weighted by molar-refractivity contribution is -0.137. The van der Waals surface area contributed by atoms with Crippen molar-refractivity contribution in [2.75, 3.05) is 0 Å². The van der Waals surface area contributed by atoms with Crippen molar-refractivity contribution in [1.82, 2.24) is 0 Å². The Balaban J connectivity index is 3.81. The maximum Gasteiger partial charge on any atom is 0.303 e. The second kappa shape index (κ2) is 16.6. The van der Waals surface area contributed by atoms with Crippen molar-refractivity contribution in [2.45, 2.75) is 69.6 Å². The zero-order chi connectivity index (χ0) is 18.0. The molecule has 0 aromatic rings. The molecule has 3 nitrogen and oxygen atoms in total. The van der Waals surface area contributed by atoms with Gasteiger partial charge in [0.25, 0.3) is 0 Å². The van der Waals surface area contributed by atoms with Gasteiger partial charge in [-0.15, -0.1) is 0 Å². The van der Waals surface area contributed by atoms with Crippen LogP contribution in [0.5, 0.6) is 0 Å². The Labute approximate surface area is 152 Å². The lowest BCUT2D eigenvalue weighted by Crippen LogP contribution is -2.19. The predicted molar refractivity (Wildman–Crippen MR) is 106 cm³/mol. The molecule has 0 aliphatic heterocycles. The number of hydrogen-bond donors (Lipinski definition) is 3. The molecular weight excluding hydrogens is 320 g/mol. The average Bonchev–Trinajstić information content (AvgIpc) is 2.55. The Morgan fingerprint density at radius 1 is 1.04 bits per heavy atom. The van der Waals surface area contributed by atoms with Crippen LogP contribution in [0, 0.1) is 0 Å². The van der Waals surface area contributed by atoms with Gasteiger partial charge in [-0.25, -0.2) is 0 Å². The van der Waals surface area contributed by atoms with E-state index in [9.17, 15) is 9.90 Å². The molecule has 0 aliphatic carbocycles. The molecule has 0 radical (unpaired) electrons. The molecule has 0 fully saturated rings. The molecule has 0 aromatic heterocycles. The maximum absolute atomic E-state index is 10.4. The van der Waals surface area contributed by atoms with Gasteiger partial charge in [0, 0.05) is 11.7 Å². The molecule has 0 unspecified atom stereocenters. The number of thiol groups is 1. The third-order valence-corrected chi connectivity index (χ3v) is 3.99. The van der Waals surface area contributed by atoms with Crippen molar-refractivity contribution in [3.05, 3.63) is 48.6 Å². The Morgan fingerprint density at radius 3 is 2.50 bits per heavy atom. The highest BCUT2D eigenvalue weighted by Gasteiger charge is 2.12. The van der Waals surface area contributed by atoms with E-state index in [0.29, 0.717) is 12.8 Å². The van der Waals surface area contributed by atoms with Crippen molar-refractivity contribution in [3.63, 3.8) is 0 Å². The fourth-order valence-corrected chi connectivity index (χ4v) is 2.28. The molecule has 0 saturated heterocycles. The van der Waals surface area contributed by atoms with E-state index in [-0.39, 0.29) is 11.7 Å². The number of carbonyl (C=O) groups is 1. The zero-order valence-corrected chi connectivity index (χ0v) is 15.6. The minimum absolute atomic E-state index is 0.0824. The predicted octanol–water partition coefficient (Wildman–Crippen LogP) is 5.10. The first-order valence-electron chi connectivity index (χ1n) is 8.80. The van der Waals surface area contributed by atoms with E-state index in [0.717, 1.165) is 6.42 Å². The number of aliphatic hydroxyl groups excluding tert-OH is 1. The topological polar surface area (TPSA) is 57.5 Å². The first-order valence-corrected chi connectivity index (χ1v) is 9.32. The van der Waals surface area contributed by atoms with Crippen molar-refractivity contribution in [1.29, 1.82) is 0 Å². The highest BCUT2D eigenvalue weighted by atomic mass is 32.1. The lowest BCUT2D eigenvalue weighted by atomic mass is 10.1. The molecule has 0 aromatic carbocycles. The molecule has 0 rings (SSSR count). The second-order valence-corrected chi connectivity index (χ2v) is 6.34. The minimum Gasteiger partial charge on any atom is -0.481 e. The molecule has 0 saturated carbocycles. The van der Waals surface area contributed by atoms with Gasteiger partial charge in [0.05, 0.1) is 6.10 Å². The maximum atomic E-state index is 10.4. The van der Waals surface area contributed by atoms with Gasteiger partial charge in [0.1, 0.15) is 0 Å². The molecule has 136 valence electrons. The van der Waals surface area contributed by atoms with Crippen LogP contribution >= 0.6 is 12.6 Å². The van der Waals surface area contributed by atoms with Gasteiger partial charge in [-0.1, -0.05) is 68.4 Å². The highest BCUT2D eigenvalue weighted by molar-refractivity contribution is 7.81. The van der Waals surface area contributed by atoms with Crippen molar-refractivity contribution >= 4 is 18.6 Å². The normalized spacial score (nSPS) is 15.1. The summed E-state index contributed by atoms with van der Waals surface area (Å²) in [7, 11) is 0. The summed E-state index contributed by atoms with van der Waals surface area (Å²) in [5.74, 6) is -0.834. The van der Waals surface area contributed by atoms with Gasteiger partial charge in [-0.3, -0.25) is 4.79 Å². The Kier molecular flexibility index (Phi) is 15.7. The molecule has 0 bridgehead atoms. The fraction of sp³-hybridized carbons (Fsp3) is 0.550. The van der Waals surface area contributed by atoms with Crippen molar-refractivity contribution in [3.8, 4) is 0 Å². The van der Waals surface area contributed by atoms with Gasteiger partial charge in [0.2, 0.25) is 0 Å². The molecule has 4 heteroatoms. The third kappa shape index (κ3) is 15.6. The van der Waals surface area contributed by atoms with E-state index in [1.165, 1.54) is 25.7 Å². The molecule has 0 amide bonds. The number of aliphatic carboxylic acids is 1. The van der Waals surface area contributed by atoms with Crippen LogP contribution in [-0.2, 0) is 4.79 Å². The molecular formula is C20H32O3S. The van der Waals surface area contributed by atoms with E-state index in [1.54, 1.807) is 0 Å². The number of carboxylic acids is 1. The summed E-state index contributed by atoms with van der Waals surface area (Å²) < 4.78 is 0. The van der Waals surface area contributed by atoms with Crippen molar-refractivity contribution < 1.29 is 15.0 Å². The summed E-state index contributed by atoms with van der Waals surface area (Å²) >= 11 is 4.31. The summed E-state index contributed by atoms with van der Waals surface area (Å²) in [6.45, 7) is 2.21. The van der Waals surface area contributed by atoms with Gasteiger partial charge < -0.3 is 10.2 Å². The van der Waals surface area contributed by atoms with Gasteiger partial charge in [0.15, 0.2) is 0 Å². The summed E-state index contributed by atoms with van der Waals surface area (Å²) in [6.07, 6.45) is 22.3. The molecule has 0 aliphatic rings. The van der Waals surface area contributed by atoms with Crippen LogP contribution < -0.4 is 0 Å². The van der Waals surface area contributed by atoms with Crippen LogP contribution in [0.2, 0.25) is 0 Å². The van der Waals surface area contributed by atoms with E-state index in [1.807, 2.05) is 30.4 Å². The Hall–Kier alpha value is -1.26. The molecule has 2 N–H and O–H groups in total. The van der Waals surface area contributed by atoms with E-state index in [4.69, 9.17) is 5.11 Å². The molecule has 2 atom stereocenters. The summed E-state index contributed by atoms with van der Waals surface area (Å²) in [5, 5.41) is 18.1. The number of allylic oxidation sites excluding steroid dienone is 7. The number of unbranched alkanes of at least 4 members (excludes halogenated alkanes) is 3. The van der Waals surface area contributed by atoms with Crippen LogP contribution in [0.25, 0.3) is 0 Å². The summed E-state index contributed by atoms with van der Waals surface area (Å²) in [4.78, 5) is 10.4. The van der Waals surface area contributed by atoms with Crippen LogP contribution in [0.1, 0.15) is 58.3 Å². The smallest absolute Gasteiger partial charge is 0.303 e. The number of aliphatic hydroxyl groups is 1. The van der Waals surface area contributed by atoms with Gasteiger partial charge >= 0.3 is 5.97 Å². The van der Waals surface area contributed by atoms with Crippen LogP contribution in [-0.4, -0.2) is 27.5 Å². The molecule has 0 heterocycles. The number of carboxylic acid groups (broad SMARTS) is 1. The van der Waals surface area contributed by atoms with Crippen molar-refractivity contribution in [2.24, 2.45) is 0 Å². The Morgan fingerprint density at radius 2 is 1.79 bits per heavy atom. The fourth-order valence-electron chi connectivity index (χ4n) is 2.03. The van der Waals surface area contributed by atoms with E-state index >= 15 is 0 Å².